The highest BCUT2D eigenvalue weighted by Crippen LogP contribution is 2.25. The molecule has 2 heteroatoms. The highest BCUT2D eigenvalue weighted by atomic mass is 16.5. The Bertz CT molecular complexity index is 555. The Morgan fingerprint density at radius 2 is 1.89 bits per heavy atom. The van der Waals surface area contributed by atoms with Gasteiger partial charge in [0, 0.05) is 0 Å². The van der Waals surface area contributed by atoms with Gasteiger partial charge in [-0.05, 0) is 29.7 Å². The quantitative estimate of drug-likeness (QED) is 0.719. The van der Waals surface area contributed by atoms with Gasteiger partial charge in [0.1, 0.15) is 12.4 Å². The smallest absolute Gasteiger partial charge is 0.190 e. The van der Waals surface area contributed by atoms with E-state index in [4.69, 9.17) is 11.3 Å². The molecule has 0 aliphatic rings. The summed E-state index contributed by atoms with van der Waals surface area (Å²) in [7, 11) is 0. The van der Waals surface area contributed by atoms with Crippen LogP contribution in [0.2, 0.25) is 0 Å². The predicted molar refractivity (Wildman–Crippen MR) is 72.9 cm³/mol. The fourth-order valence-corrected chi connectivity index (χ4v) is 1.78. The molecule has 0 heterocycles. The molecule has 0 atom stereocenters. The second kappa shape index (κ2) is 5.88. The molecule has 0 aliphatic carbocycles. The molecule has 2 aromatic carbocycles. The Labute approximate surface area is 108 Å². The zero-order valence-corrected chi connectivity index (χ0v) is 10.4. The molecule has 0 amide bonds. The van der Waals surface area contributed by atoms with Gasteiger partial charge >= 0.3 is 0 Å². The maximum atomic E-state index is 7.08. The average molecular weight is 237 g/mol. The van der Waals surface area contributed by atoms with Gasteiger partial charge in [0.2, 0.25) is 0 Å². The molecular weight excluding hydrogens is 222 g/mol. The number of aryl methyl sites for hydroxylation is 1. The van der Waals surface area contributed by atoms with Gasteiger partial charge in [0.15, 0.2) is 5.69 Å². The van der Waals surface area contributed by atoms with E-state index in [1.54, 1.807) is 0 Å². The highest BCUT2D eigenvalue weighted by Gasteiger charge is 2.03. The second-order valence-corrected chi connectivity index (χ2v) is 4.03. The lowest BCUT2D eigenvalue weighted by Crippen LogP contribution is -1.95. The number of benzene rings is 2. The lowest BCUT2D eigenvalue weighted by Gasteiger charge is -2.08. The van der Waals surface area contributed by atoms with E-state index >= 15 is 0 Å². The molecular formula is C16H15NO. The molecule has 0 saturated carbocycles. The molecule has 0 aliphatic heterocycles. The van der Waals surface area contributed by atoms with Crippen LogP contribution in [-0.4, -0.2) is 0 Å². The van der Waals surface area contributed by atoms with Crippen molar-refractivity contribution in [1.29, 1.82) is 0 Å². The van der Waals surface area contributed by atoms with Crippen LogP contribution in [0.4, 0.5) is 5.69 Å². The van der Waals surface area contributed by atoms with Crippen molar-refractivity contribution < 1.29 is 4.74 Å². The van der Waals surface area contributed by atoms with Crippen LogP contribution in [0.1, 0.15) is 18.1 Å². The van der Waals surface area contributed by atoms with Crippen LogP contribution in [0.25, 0.3) is 4.85 Å². The summed E-state index contributed by atoms with van der Waals surface area (Å²) < 4.78 is 5.73. The third-order valence-electron chi connectivity index (χ3n) is 2.80. The minimum atomic E-state index is 0.557. The molecule has 0 fully saturated rings. The minimum absolute atomic E-state index is 0.557. The van der Waals surface area contributed by atoms with E-state index in [1.165, 1.54) is 0 Å². The predicted octanol–water partition coefficient (Wildman–Crippen LogP) is 4.38. The monoisotopic (exact) mass is 237 g/mol. The summed E-state index contributed by atoms with van der Waals surface area (Å²) in [5, 5.41) is 0. The Kier molecular flexibility index (Phi) is 3.98. The number of hydrogen-bond donors (Lipinski definition) is 0. The van der Waals surface area contributed by atoms with Crippen LogP contribution in [0.15, 0.2) is 48.5 Å². The fourth-order valence-electron chi connectivity index (χ4n) is 1.78. The number of hydrogen-bond acceptors (Lipinski definition) is 1. The molecule has 0 N–H and O–H groups in total. The number of nitrogens with zero attached hydrogens (tertiary/aromatic N) is 1. The summed E-state index contributed by atoms with van der Waals surface area (Å²) in [5.74, 6) is 0.822. The maximum Gasteiger partial charge on any atom is 0.190 e. The van der Waals surface area contributed by atoms with Crippen LogP contribution >= 0.6 is 0 Å². The van der Waals surface area contributed by atoms with E-state index in [0.717, 1.165) is 23.3 Å². The van der Waals surface area contributed by atoms with E-state index < -0.39 is 0 Å². The van der Waals surface area contributed by atoms with E-state index in [2.05, 4.69) is 4.85 Å². The van der Waals surface area contributed by atoms with Crippen molar-refractivity contribution in [2.75, 3.05) is 0 Å². The van der Waals surface area contributed by atoms with Crippen molar-refractivity contribution in [2.45, 2.75) is 20.0 Å². The molecule has 2 nitrogen and oxygen atoms in total. The Morgan fingerprint density at radius 1 is 1.11 bits per heavy atom. The summed E-state index contributed by atoms with van der Waals surface area (Å²) in [4.78, 5) is 3.50. The first-order chi connectivity index (χ1) is 8.83. The van der Waals surface area contributed by atoms with E-state index in [9.17, 15) is 0 Å². The van der Waals surface area contributed by atoms with Crippen LogP contribution in [0.5, 0.6) is 5.75 Å². The van der Waals surface area contributed by atoms with E-state index in [1.807, 2.05) is 55.5 Å². The molecule has 90 valence electrons. The normalized spacial score (nSPS) is 9.78. The highest BCUT2D eigenvalue weighted by molar-refractivity contribution is 5.55. The zero-order chi connectivity index (χ0) is 12.8. The summed E-state index contributed by atoms with van der Waals surface area (Å²) in [5.41, 5.74) is 2.89. The molecule has 0 bridgehead atoms. The second-order valence-electron chi connectivity index (χ2n) is 4.03. The van der Waals surface area contributed by atoms with Crippen molar-refractivity contribution >= 4 is 5.69 Å². The standard InChI is InChI=1S/C16H15NO/c1-3-14-11-15(9-10-16(14)17-2)18-12-13-7-5-4-6-8-13/h4-11H,3,12H2,1H3. The third kappa shape index (κ3) is 2.89. The summed E-state index contributed by atoms with van der Waals surface area (Å²) in [6.07, 6.45) is 0.847. The zero-order valence-electron chi connectivity index (χ0n) is 10.4. The van der Waals surface area contributed by atoms with E-state index in [-0.39, 0.29) is 0 Å². The van der Waals surface area contributed by atoms with Crippen molar-refractivity contribution in [2.24, 2.45) is 0 Å². The first-order valence-electron chi connectivity index (χ1n) is 6.00. The summed E-state index contributed by atoms with van der Waals surface area (Å²) in [6, 6.07) is 15.7. The maximum absolute atomic E-state index is 7.08. The van der Waals surface area contributed by atoms with Gasteiger partial charge in [0.25, 0.3) is 0 Å². The van der Waals surface area contributed by atoms with Gasteiger partial charge in [-0.2, -0.15) is 0 Å². The van der Waals surface area contributed by atoms with Crippen LogP contribution in [0, 0.1) is 6.57 Å². The lowest BCUT2D eigenvalue weighted by molar-refractivity contribution is 0.306. The van der Waals surface area contributed by atoms with Crippen molar-refractivity contribution in [3.8, 4) is 5.75 Å². The summed E-state index contributed by atoms with van der Waals surface area (Å²) >= 11 is 0. The Balaban J connectivity index is 2.09. The molecule has 0 spiro atoms. The SMILES string of the molecule is [C-]#[N+]c1ccc(OCc2ccccc2)cc1CC. The van der Waals surface area contributed by atoms with Crippen LogP contribution < -0.4 is 4.74 Å². The van der Waals surface area contributed by atoms with Crippen LogP contribution in [-0.2, 0) is 13.0 Å². The molecule has 18 heavy (non-hydrogen) atoms. The molecule has 0 aromatic heterocycles. The minimum Gasteiger partial charge on any atom is -0.489 e. The van der Waals surface area contributed by atoms with Gasteiger partial charge in [-0.25, -0.2) is 4.85 Å². The topological polar surface area (TPSA) is 13.6 Å². The van der Waals surface area contributed by atoms with Gasteiger partial charge in [-0.3, -0.25) is 0 Å². The molecule has 2 rings (SSSR count). The largest absolute Gasteiger partial charge is 0.489 e. The van der Waals surface area contributed by atoms with Crippen molar-refractivity contribution in [3.63, 3.8) is 0 Å². The first kappa shape index (κ1) is 12.2. The van der Waals surface area contributed by atoms with Crippen LogP contribution in [0.3, 0.4) is 0 Å². The summed E-state index contributed by atoms with van der Waals surface area (Å²) in [6.45, 7) is 9.68. The van der Waals surface area contributed by atoms with Crippen molar-refractivity contribution in [3.05, 3.63) is 71.1 Å². The Morgan fingerprint density at radius 3 is 2.56 bits per heavy atom. The van der Waals surface area contributed by atoms with Gasteiger partial charge in [-0.1, -0.05) is 43.3 Å². The lowest BCUT2D eigenvalue weighted by atomic mass is 10.1. The van der Waals surface area contributed by atoms with E-state index in [0.29, 0.717) is 12.3 Å². The van der Waals surface area contributed by atoms with Gasteiger partial charge in [0.05, 0.1) is 6.57 Å². The third-order valence-corrected chi connectivity index (χ3v) is 2.80. The molecule has 0 saturated heterocycles. The Hall–Kier alpha value is -2.27. The fraction of sp³-hybridized carbons (Fsp3) is 0.188. The molecule has 0 unspecified atom stereocenters. The van der Waals surface area contributed by atoms with Gasteiger partial charge in [-0.15, -0.1) is 0 Å². The molecule has 2 aromatic rings. The van der Waals surface area contributed by atoms with Crippen molar-refractivity contribution in [1.82, 2.24) is 0 Å². The number of rotatable bonds is 4. The molecule has 0 radical (unpaired) electrons. The number of ether oxygens (including phenoxy) is 1. The first-order valence-corrected chi connectivity index (χ1v) is 6.00. The van der Waals surface area contributed by atoms with Gasteiger partial charge < -0.3 is 4.74 Å². The average Bonchev–Trinajstić information content (AvgIpc) is 2.45.